The fraction of sp³-hybridized carbons (Fsp3) is 0.208. The minimum atomic E-state index is -3.70. The molecule has 0 unspecified atom stereocenters. The zero-order chi connectivity index (χ0) is 22.7. The standard InChI is InChI=1S/C24H25N3O4S/c1-17-6-3-4-8-22(17)26-24(28)25-19-9-14-23-18(16-19)7-5-15-27(23)32(29,30)21-12-10-20(31-2)11-13-21/h3-4,6,8-14,16H,5,7,15H2,1-2H3,(H2,25,26,28). The van der Waals surface area contributed by atoms with Crippen molar-refractivity contribution in [3.8, 4) is 5.75 Å². The molecule has 1 heterocycles. The summed E-state index contributed by atoms with van der Waals surface area (Å²) in [6.07, 6.45) is 1.43. The van der Waals surface area contributed by atoms with E-state index in [1.54, 1.807) is 36.4 Å². The summed E-state index contributed by atoms with van der Waals surface area (Å²) in [7, 11) is -2.16. The van der Waals surface area contributed by atoms with E-state index >= 15 is 0 Å². The van der Waals surface area contributed by atoms with Crippen LogP contribution in [0.1, 0.15) is 17.5 Å². The largest absolute Gasteiger partial charge is 0.497 e. The predicted molar refractivity (Wildman–Crippen MR) is 126 cm³/mol. The zero-order valence-electron chi connectivity index (χ0n) is 18.0. The molecular formula is C24H25N3O4S. The number of rotatable bonds is 5. The molecule has 3 aromatic rings. The van der Waals surface area contributed by atoms with Crippen LogP contribution in [0.4, 0.5) is 21.9 Å². The summed E-state index contributed by atoms with van der Waals surface area (Å²) >= 11 is 0. The summed E-state index contributed by atoms with van der Waals surface area (Å²) < 4.78 is 33.1. The molecule has 2 N–H and O–H groups in total. The lowest BCUT2D eigenvalue weighted by Gasteiger charge is -2.31. The highest BCUT2D eigenvalue weighted by Crippen LogP contribution is 2.34. The van der Waals surface area contributed by atoms with Gasteiger partial charge in [-0.2, -0.15) is 0 Å². The lowest BCUT2D eigenvalue weighted by Crippen LogP contribution is -2.35. The summed E-state index contributed by atoms with van der Waals surface area (Å²) in [5.74, 6) is 0.600. The van der Waals surface area contributed by atoms with Gasteiger partial charge in [0, 0.05) is 17.9 Å². The smallest absolute Gasteiger partial charge is 0.323 e. The van der Waals surface area contributed by atoms with Gasteiger partial charge in [0.05, 0.1) is 17.7 Å². The highest BCUT2D eigenvalue weighted by molar-refractivity contribution is 7.92. The Kier molecular flexibility index (Phi) is 6.05. The van der Waals surface area contributed by atoms with Crippen LogP contribution in [0, 0.1) is 6.92 Å². The first-order valence-electron chi connectivity index (χ1n) is 10.3. The SMILES string of the molecule is COc1ccc(S(=O)(=O)N2CCCc3cc(NC(=O)Nc4ccccc4C)ccc32)cc1. The second-order valence-corrected chi connectivity index (χ2v) is 9.46. The van der Waals surface area contributed by atoms with E-state index in [2.05, 4.69) is 10.6 Å². The van der Waals surface area contributed by atoms with Crippen LogP contribution in [-0.2, 0) is 16.4 Å². The van der Waals surface area contributed by atoms with E-state index in [1.807, 2.05) is 37.3 Å². The number of carbonyl (C=O) groups excluding carboxylic acids is 1. The lowest BCUT2D eigenvalue weighted by molar-refractivity contribution is 0.262. The van der Waals surface area contributed by atoms with Crippen LogP contribution < -0.4 is 19.7 Å². The molecule has 0 saturated carbocycles. The molecular weight excluding hydrogens is 426 g/mol. The van der Waals surface area contributed by atoms with E-state index in [0.717, 1.165) is 23.2 Å². The number of ether oxygens (including phenoxy) is 1. The van der Waals surface area contributed by atoms with Crippen molar-refractivity contribution in [1.82, 2.24) is 0 Å². The molecule has 0 saturated heterocycles. The second kappa shape index (κ2) is 8.92. The monoisotopic (exact) mass is 451 g/mol. The number of methoxy groups -OCH3 is 1. The molecule has 166 valence electrons. The minimum absolute atomic E-state index is 0.214. The number of hydrogen-bond donors (Lipinski definition) is 2. The van der Waals surface area contributed by atoms with Crippen molar-refractivity contribution in [3.63, 3.8) is 0 Å². The molecule has 2 amide bonds. The quantitative estimate of drug-likeness (QED) is 0.584. The molecule has 0 radical (unpaired) electrons. The highest BCUT2D eigenvalue weighted by atomic mass is 32.2. The van der Waals surface area contributed by atoms with Crippen LogP contribution in [0.25, 0.3) is 0 Å². The van der Waals surface area contributed by atoms with Gasteiger partial charge in [-0.15, -0.1) is 0 Å². The van der Waals surface area contributed by atoms with Crippen LogP contribution in [0.3, 0.4) is 0 Å². The van der Waals surface area contributed by atoms with Gasteiger partial charge in [-0.1, -0.05) is 18.2 Å². The summed E-state index contributed by atoms with van der Waals surface area (Å²) in [5.41, 5.74) is 3.82. The van der Waals surface area contributed by atoms with Gasteiger partial charge in [-0.05, 0) is 79.4 Å². The molecule has 0 bridgehead atoms. The van der Waals surface area contributed by atoms with Crippen LogP contribution in [-0.4, -0.2) is 28.1 Å². The zero-order valence-corrected chi connectivity index (χ0v) is 18.8. The van der Waals surface area contributed by atoms with Crippen molar-refractivity contribution in [2.75, 3.05) is 28.6 Å². The molecule has 0 atom stereocenters. The topological polar surface area (TPSA) is 87.7 Å². The van der Waals surface area contributed by atoms with Gasteiger partial charge in [0.25, 0.3) is 10.0 Å². The number of hydrogen-bond acceptors (Lipinski definition) is 4. The number of carbonyl (C=O) groups is 1. The van der Waals surface area contributed by atoms with E-state index in [1.165, 1.54) is 11.4 Å². The number of fused-ring (bicyclic) bond motifs is 1. The van der Waals surface area contributed by atoms with Gasteiger partial charge in [0.2, 0.25) is 0 Å². The first-order valence-corrected chi connectivity index (χ1v) is 11.8. The Balaban J connectivity index is 1.54. The van der Waals surface area contributed by atoms with E-state index in [9.17, 15) is 13.2 Å². The van der Waals surface area contributed by atoms with Crippen molar-refractivity contribution < 1.29 is 17.9 Å². The van der Waals surface area contributed by atoms with Crippen molar-refractivity contribution in [2.45, 2.75) is 24.7 Å². The number of amides is 2. The molecule has 0 aliphatic carbocycles. The Hall–Kier alpha value is -3.52. The Morgan fingerprint density at radius 3 is 2.47 bits per heavy atom. The number of aryl methyl sites for hydroxylation is 2. The van der Waals surface area contributed by atoms with Gasteiger partial charge in [-0.3, -0.25) is 4.31 Å². The van der Waals surface area contributed by atoms with Crippen molar-refractivity contribution in [1.29, 1.82) is 0 Å². The normalized spacial score (nSPS) is 13.2. The van der Waals surface area contributed by atoms with Crippen LogP contribution in [0.5, 0.6) is 5.75 Å². The molecule has 1 aliphatic rings. The first kappa shape index (κ1) is 21.7. The first-order chi connectivity index (χ1) is 15.4. The third kappa shape index (κ3) is 4.40. The fourth-order valence-electron chi connectivity index (χ4n) is 3.76. The number of para-hydroxylation sites is 1. The number of urea groups is 1. The van der Waals surface area contributed by atoms with Gasteiger partial charge < -0.3 is 15.4 Å². The molecule has 3 aromatic carbocycles. The molecule has 4 rings (SSSR count). The number of nitrogens with one attached hydrogen (secondary N) is 2. The van der Waals surface area contributed by atoms with Crippen LogP contribution in [0.2, 0.25) is 0 Å². The maximum Gasteiger partial charge on any atom is 0.323 e. The number of anilines is 3. The van der Waals surface area contributed by atoms with Crippen molar-refractivity contribution in [3.05, 3.63) is 77.9 Å². The molecule has 8 heteroatoms. The van der Waals surface area contributed by atoms with E-state index in [4.69, 9.17) is 4.74 Å². The van der Waals surface area contributed by atoms with Gasteiger partial charge in [0.15, 0.2) is 0 Å². The van der Waals surface area contributed by atoms with Gasteiger partial charge in [0.1, 0.15) is 5.75 Å². The molecule has 0 spiro atoms. The Morgan fingerprint density at radius 1 is 1.00 bits per heavy atom. The molecule has 7 nitrogen and oxygen atoms in total. The van der Waals surface area contributed by atoms with Crippen molar-refractivity contribution >= 4 is 33.1 Å². The molecule has 0 fully saturated rings. The van der Waals surface area contributed by atoms with Crippen LogP contribution >= 0.6 is 0 Å². The van der Waals surface area contributed by atoms with E-state index < -0.39 is 10.0 Å². The summed E-state index contributed by atoms with van der Waals surface area (Å²) in [5, 5.41) is 5.67. The molecule has 1 aliphatic heterocycles. The minimum Gasteiger partial charge on any atom is -0.497 e. The highest BCUT2D eigenvalue weighted by Gasteiger charge is 2.29. The summed E-state index contributed by atoms with van der Waals surface area (Å²) in [6, 6.07) is 18.9. The lowest BCUT2D eigenvalue weighted by atomic mass is 10.0. The number of benzene rings is 3. The maximum absolute atomic E-state index is 13.3. The average molecular weight is 452 g/mol. The summed E-state index contributed by atoms with van der Waals surface area (Å²) in [6.45, 7) is 2.33. The fourth-order valence-corrected chi connectivity index (χ4v) is 5.30. The Bertz CT molecular complexity index is 1240. The van der Waals surface area contributed by atoms with Gasteiger partial charge >= 0.3 is 6.03 Å². The van der Waals surface area contributed by atoms with Gasteiger partial charge in [-0.25, -0.2) is 13.2 Å². The maximum atomic E-state index is 13.3. The Labute approximate surface area is 188 Å². The Morgan fingerprint density at radius 2 is 1.75 bits per heavy atom. The third-order valence-electron chi connectivity index (χ3n) is 5.45. The van der Waals surface area contributed by atoms with Crippen LogP contribution in [0.15, 0.2) is 71.6 Å². The average Bonchev–Trinajstić information content (AvgIpc) is 2.80. The van der Waals surface area contributed by atoms with E-state index in [0.29, 0.717) is 30.1 Å². The number of nitrogens with zero attached hydrogens (tertiary/aromatic N) is 1. The molecule has 0 aromatic heterocycles. The second-order valence-electron chi connectivity index (χ2n) is 7.59. The molecule has 32 heavy (non-hydrogen) atoms. The number of sulfonamides is 1. The van der Waals surface area contributed by atoms with E-state index in [-0.39, 0.29) is 10.9 Å². The van der Waals surface area contributed by atoms with Crippen molar-refractivity contribution in [2.24, 2.45) is 0 Å². The third-order valence-corrected chi connectivity index (χ3v) is 7.28. The predicted octanol–water partition coefficient (Wildman–Crippen LogP) is 4.79. The summed E-state index contributed by atoms with van der Waals surface area (Å²) in [4.78, 5) is 12.6.